The summed E-state index contributed by atoms with van der Waals surface area (Å²) in [6.45, 7) is 33.9. The van der Waals surface area contributed by atoms with E-state index in [1.165, 1.54) is 96.8 Å². The molecule has 0 N–H and O–H groups in total. The molecule has 0 atom stereocenters. The van der Waals surface area contributed by atoms with Gasteiger partial charge in [0.05, 0.1) is 28.4 Å². The fraction of sp³-hybridized carbons (Fsp3) is 0.226. The fourth-order valence-corrected chi connectivity index (χ4v) is 14.6. The van der Waals surface area contributed by atoms with E-state index in [0.717, 1.165) is 77.2 Å². The number of para-hydroxylation sites is 5. The second kappa shape index (κ2) is 29.9. The molecule has 11 aromatic rings. The van der Waals surface area contributed by atoms with Crippen LogP contribution in [0.4, 0.5) is 65.1 Å². The number of hydrogen-bond acceptors (Lipinski definition) is 8. The number of nitrogens with zero attached hydrogens (tertiary/aromatic N) is 6. The maximum atomic E-state index is 16.0. The Morgan fingerprint density at radius 1 is 0.362 bits per heavy atom. The third-order valence-electron chi connectivity index (χ3n) is 17.9. The predicted octanol–water partition coefficient (Wildman–Crippen LogP) is 22.6. The summed E-state index contributed by atoms with van der Waals surface area (Å²) in [5, 5.41) is 0.662. The number of anilines is 10. The molecule has 1 aromatic heterocycles. The maximum Gasteiger partial charge on any atom is 0.198 e. The van der Waals surface area contributed by atoms with Gasteiger partial charge in [0.15, 0.2) is 10.9 Å². The zero-order valence-corrected chi connectivity index (χ0v) is 57.8. The first-order valence-electron chi connectivity index (χ1n) is 32.9. The molecule has 0 spiro atoms. The molecule has 0 saturated heterocycles. The number of benzene rings is 10. The molecule has 478 valence electrons. The number of rotatable bonds is 21. The minimum Gasteiger partial charge on any atom is -0.341 e. The molecule has 0 radical (unpaired) electrons. The first-order chi connectivity index (χ1) is 45.4. The van der Waals surface area contributed by atoms with Crippen molar-refractivity contribution < 1.29 is 13.6 Å². The molecule has 0 fully saturated rings. The van der Waals surface area contributed by atoms with Gasteiger partial charge in [-0.15, -0.1) is 0 Å². The zero-order valence-electron chi connectivity index (χ0n) is 57.0. The summed E-state index contributed by atoms with van der Waals surface area (Å²) in [5.74, 6) is -0.410. The monoisotopic (exact) mass is 1270 g/mol. The molecule has 0 saturated carbocycles. The summed E-state index contributed by atoms with van der Waals surface area (Å²) in [7, 11) is 0. The van der Waals surface area contributed by atoms with Crippen LogP contribution in [-0.4, -0.2) is 43.5 Å². The number of hydrogen-bond donors (Lipinski definition) is 0. The Labute approximate surface area is 561 Å². The van der Waals surface area contributed by atoms with Crippen LogP contribution < -0.4 is 24.5 Å². The van der Waals surface area contributed by atoms with Gasteiger partial charge in [-0.1, -0.05) is 108 Å². The van der Waals surface area contributed by atoms with Crippen molar-refractivity contribution in [3.05, 3.63) is 307 Å². The summed E-state index contributed by atoms with van der Waals surface area (Å²) < 4.78 is 31.9. The summed E-state index contributed by atoms with van der Waals surface area (Å²) in [5.41, 5.74) is 24.5. The van der Waals surface area contributed by atoms with Gasteiger partial charge in [-0.25, -0.2) is 8.78 Å². The number of ketones is 1. The Kier molecular flexibility index (Phi) is 21.3. The minimum atomic E-state index is -0.651. The number of aromatic nitrogens is 1. The van der Waals surface area contributed by atoms with Crippen LogP contribution in [0.15, 0.2) is 212 Å². The molecule has 0 amide bonds. The molecule has 11 rings (SSSR count). The lowest BCUT2D eigenvalue weighted by Crippen LogP contribution is -2.18. The maximum absolute atomic E-state index is 16.0. The largest absolute Gasteiger partial charge is 0.341 e. The van der Waals surface area contributed by atoms with E-state index in [1.54, 1.807) is 0 Å². The molecule has 0 aliphatic heterocycles. The van der Waals surface area contributed by atoms with Crippen LogP contribution in [0.3, 0.4) is 0 Å². The summed E-state index contributed by atoms with van der Waals surface area (Å²) in [6, 6.07) is 70.8. The van der Waals surface area contributed by atoms with E-state index in [4.69, 9.17) is 4.98 Å². The van der Waals surface area contributed by atoms with Crippen LogP contribution in [0.1, 0.15) is 117 Å². The molecule has 10 heteroatoms. The third-order valence-corrected chi connectivity index (χ3v) is 19.0. The van der Waals surface area contributed by atoms with Crippen molar-refractivity contribution in [1.82, 2.24) is 4.98 Å². The van der Waals surface area contributed by atoms with Gasteiger partial charge in [0.1, 0.15) is 27.8 Å². The first kappa shape index (κ1) is 67.1. The van der Waals surface area contributed by atoms with Crippen LogP contribution in [0.25, 0.3) is 11.3 Å². The summed E-state index contributed by atoms with van der Waals surface area (Å²) >= 11 is 1.46. The molecule has 94 heavy (non-hydrogen) atoms. The van der Waals surface area contributed by atoms with Crippen LogP contribution >= 0.6 is 11.3 Å². The highest BCUT2D eigenvalue weighted by molar-refractivity contribution is 7.16. The summed E-state index contributed by atoms with van der Waals surface area (Å²) in [6.07, 6.45) is 0. The highest BCUT2D eigenvalue weighted by Gasteiger charge is 2.35. The molecule has 0 bridgehead atoms. The fourth-order valence-electron chi connectivity index (χ4n) is 13.4. The predicted molar refractivity (Wildman–Crippen MR) is 395 cm³/mol. The van der Waals surface area contributed by atoms with E-state index < -0.39 is 11.6 Å². The van der Waals surface area contributed by atoms with E-state index >= 15 is 8.78 Å². The van der Waals surface area contributed by atoms with Gasteiger partial charge < -0.3 is 24.5 Å². The Hall–Kier alpha value is -9.77. The van der Waals surface area contributed by atoms with E-state index in [9.17, 15) is 4.79 Å². The van der Waals surface area contributed by atoms with Crippen LogP contribution in [0.2, 0.25) is 0 Å². The highest BCUT2D eigenvalue weighted by Crippen LogP contribution is 2.47. The molecule has 0 aliphatic rings. The molecule has 1 heterocycles. The molecular weight excluding hydrogens is 1180 g/mol. The second-order valence-electron chi connectivity index (χ2n) is 24.1. The SMILES string of the molecule is CCN(c1ccc(C(=O)c2ccc(N(CC)c3c(C)cccc3C)cc2)cc1)c1c(C)cccc1C.CCN(c1nc(-c2c(F)cccc2F)c([C+](c2ccc(N(CC)c3c(C)cccc3C)cc2)c2ccc(N(CC)c3c(C)cccc3C)cc2)s1)c1ccccc1C. The Bertz CT molecular complexity index is 4120. The van der Waals surface area contributed by atoms with Crippen molar-refractivity contribution in [2.24, 2.45) is 0 Å². The molecular formula is C84H87F2N6OS+. The van der Waals surface area contributed by atoms with Gasteiger partial charge in [-0.3, -0.25) is 4.79 Å². The number of carbonyl (C=O) groups excluding carboxylic acids is 1. The van der Waals surface area contributed by atoms with Crippen molar-refractivity contribution in [2.45, 2.75) is 96.9 Å². The molecule has 0 aliphatic carbocycles. The third kappa shape index (κ3) is 13.9. The van der Waals surface area contributed by atoms with Crippen molar-refractivity contribution in [1.29, 1.82) is 0 Å². The van der Waals surface area contributed by atoms with Crippen molar-refractivity contribution >= 4 is 73.4 Å². The van der Waals surface area contributed by atoms with Crippen LogP contribution in [0, 0.1) is 79.9 Å². The van der Waals surface area contributed by atoms with Gasteiger partial charge in [0.2, 0.25) is 0 Å². The van der Waals surface area contributed by atoms with Gasteiger partial charge in [0, 0.05) is 83.7 Å². The number of halogens is 2. The van der Waals surface area contributed by atoms with E-state index in [-0.39, 0.29) is 17.0 Å². The lowest BCUT2D eigenvalue weighted by Gasteiger charge is -2.27. The van der Waals surface area contributed by atoms with Gasteiger partial charge >= 0.3 is 0 Å². The van der Waals surface area contributed by atoms with Crippen LogP contribution in [-0.2, 0) is 0 Å². The molecule has 7 nitrogen and oxygen atoms in total. The van der Waals surface area contributed by atoms with Gasteiger partial charge in [-0.2, -0.15) is 4.98 Å². The average molecular weight is 1270 g/mol. The minimum absolute atomic E-state index is 0.0401. The smallest absolute Gasteiger partial charge is 0.198 e. The quantitative estimate of drug-likeness (QED) is 0.0525. The summed E-state index contributed by atoms with van der Waals surface area (Å²) in [4.78, 5) is 30.5. The van der Waals surface area contributed by atoms with Crippen molar-refractivity contribution in [3.63, 3.8) is 0 Å². The standard InChI is InChI=1S/C51H51F2N4S.C33H36N2O/c1-9-55(48-34(5)18-14-19-35(48)6)40-29-25-38(26-30-40)45(39-27-31-41(32-28-39)56(10-2)49-36(7)20-15-21-37(49)8)50-47(46-42(52)22-16-23-43(46)53)54-51(58-50)57(11-3)44-24-13-12-17-33(44)4;1-7-34(31-23(3)11-9-12-24(31)4)29-19-15-27(16-20-29)33(36)28-17-21-30(22-18-28)35(8-2)32-25(5)13-10-14-26(32)6/h12-32H,9-11H2,1-8H3;9-22H,7-8H2,1-6H3/q+1;. The Morgan fingerprint density at radius 3 is 0.957 bits per heavy atom. The van der Waals surface area contributed by atoms with Gasteiger partial charge in [-0.05, 0) is 262 Å². The first-order valence-corrected chi connectivity index (χ1v) is 33.7. The topological polar surface area (TPSA) is 46.2 Å². The average Bonchev–Trinajstić information content (AvgIpc) is 1.55. The van der Waals surface area contributed by atoms with E-state index in [0.29, 0.717) is 27.7 Å². The van der Waals surface area contributed by atoms with Gasteiger partial charge in [0.25, 0.3) is 0 Å². The van der Waals surface area contributed by atoms with E-state index in [2.05, 4.69) is 279 Å². The van der Waals surface area contributed by atoms with Crippen molar-refractivity contribution in [3.8, 4) is 11.3 Å². The normalized spacial score (nSPS) is 11.0. The van der Waals surface area contributed by atoms with E-state index in [1.807, 2.05) is 36.4 Å². The molecule has 10 aromatic carbocycles. The highest BCUT2D eigenvalue weighted by atomic mass is 32.1. The van der Waals surface area contributed by atoms with Crippen molar-refractivity contribution in [2.75, 3.05) is 57.2 Å². The molecule has 0 unspecified atom stereocenters. The Morgan fingerprint density at radius 2 is 0.649 bits per heavy atom. The Balaban J connectivity index is 0.000000229. The number of carbonyl (C=O) groups is 1. The zero-order chi connectivity index (χ0) is 66.9. The van der Waals surface area contributed by atoms with Crippen LogP contribution in [0.5, 0.6) is 0 Å². The lowest BCUT2D eigenvalue weighted by atomic mass is 9.87. The number of aryl methyl sites for hydroxylation is 9. The number of thiazole rings is 1. The second-order valence-corrected chi connectivity index (χ2v) is 25.1. The lowest BCUT2D eigenvalue weighted by molar-refractivity contribution is 0.103.